The van der Waals surface area contributed by atoms with Crippen molar-refractivity contribution in [2.75, 3.05) is 6.61 Å². The van der Waals surface area contributed by atoms with Gasteiger partial charge in [0, 0.05) is 12.7 Å². The molecule has 0 aromatic rings. The summed E-state index contributed by atoms with van der Waals surface area (Å²) in [6.07, 6.45) is 10.8. The lowest BCUT2D eigenvalue weighted by Gasteiger charge is -2.62. The number of hydrogen-bond acceptors (Lipinski definition) is 6. The van der Waals surface area contributed by atoms with Crippen molar-refractivity contribution < 1.29 is 28.6 Å². The zero-order valence-corrected chi connectivity index (χ0v) is 34.9. The SMILES string of the molecule is CC(C)(C)OC(=O)NN(C(=O)OC(C)(C)C)C(C)(CCCO)[C@H]1CCC2C3CCC4C[C@H](O[Si](C)(C)C(C)(C)C)CC[C@]4(C)C3CC[C@@]21C. The Kier molecular flexibility index (Phi) is 11.5. The topological polar surface area (TPSA) is 97.3 Å². The summed E-state index contributed by atoms with van der Waals surface area (Å²) >= 11 is 0. The first-order chi connectivity index (χ1) is 22.3. The maximum atomic E-state index is 14.0. The number of fused-ring (bicyclic) bond motifs is 5. The van der Waals surface area contributed by atoms with Crippen molar-refractivity contribution in [1.82, 2.24) is 10.4 Å². The third kappa shape index (κ3) is 8.34. The van der Waals surface area contributed by atoms with Crippen LogP contribution in [0.25, 0.3) is 0 Å². The molecule has 0 aromatic heterocycles. The van der Waals surface area contributed by atoms with Crippen LogP contribution in [-0.2, 0) is 13.9 Å². The van der Waals surface area contributed by atoms with Gasteiger partial charge in [0.2, 0.25) is 0 Å². The zero-order chi connectivity index (χ0) is 37.0. The number of amides is 2. The number of hydrogen-bond donors (Lipinski definition) is 2. The molecule has 9 atom stereocenters. The maximum Gasteiger partial charge on any atom is 0.429 e. The van der Waals surface area contributed by atoms with Crippen LogP contribution in [-0.4, -0.2) is 60.1 Å². The van der Waals surface area contributed by atoms with Gasteiger partial charge in [0.15, 0.2) is 8.32 Å². The van der Waals surface area contributed by atoms with Crippen LogP contribution in [0.2, 0.25) is 18.1 Å². The maximum absolute atomic E-state index is 14.0. The Bertz CT molecular complexity index is 1190. The molecule has 0 heterocycles. The molecule has 284 valence electrons. The highest BCUT2D eigenvalue weighted by Gasteiger charge is 2.64. The van der Waals surface area contributed by atoms with E-state index in [9.17, 15) is 14.7 Å². The highest BCUT2D eigenvalue weighted by atomic mass is 28.4. The molecule has 49 heavy (non-hydrogen) atoms. The fourth-order valence-electron chi connectivity index (χ4n) is 10.9. The van der Waals surface area contributed by atoms with Gasteiger partial charge in [-0.1, -0.05) is 34.6 Å². The third-order valence-corrected chi connectivity index (χ3v) is 18.7. The minimum absolute atomic E-state index is 0.00686. The number of carbonyl (C=O) groups is 2. The Hall–Kier alpha value is -1.32. The van der Waals surface area contributed by atoms with Gasteiger partial charge in [-0.25, -0.2) is 20.0 Å². The average molecular weight is 707 g/mol. The van der Waals surface area contributed by atoms with Crippen LogP contribution in [0.1, 0.15) is 154 Å². The van der Waals surface area contributed by atoms with Crippen LogP contribution >= 0.6 is 0 Å². The fourth-order valence-corrected chi connectivity index (χ4v) is 12.3. The van der Waals surface area contributed by atoms with Crippen molar-refractivity contribution in [3.63, 3.8) is 0 Å². The molecule has 0 radical (unpaired) electrons. The van der Waals surface area contributed by atoms with Gasteiger partial charge in [-0.05, 0) is 178 Å². The summed E-state index contributed by atoms with van der Waals surface area (Å²) in [5.74, 6) is 2.78. The number of hydrazine groups is 1. The summed E-state index contributed by atoms with van der Waals surface area (Å²) in [4.78, 5) is 27.4. The van der Waals surface area contributed by atoms with Gasteiger partial charge in [-0.3, -0.25) is 0 Å². The number of nitrogens with one attached hydrogen (secondary N) is 1. The molecule has 4 rings (SSSR count). The van der Waals surface area contributed by atoms with Gasteiger partial charge in [0.25, 0.3) is 0 Å². The van der Waals surface area contributed by atoms with E-state index in [1.807, 2.05) is 41.5 Å². The summed E-state index contributed by atoms with van der Waals surface area (Å²) < 4.78 is 18.6. The lowest BCUT2D eigenvalue weighted by molar-refractivity contribution is -0.138. The Balaban J connectivity index is 1.61. The van der Waals surface area contributed by atoms with Crippen molar-refractivity contribution in [2.24, 2.45) is 40.4 Å². The molecule has 5 unspecified atom stereocenters. The number of nitrogens with zero attached hydrogens (tertiary/aromatic N) is 1. The standard InChI is InChI=1S/C40H74N2O6Si/c1-35(2,3)46-33(44)41-42(34(45)47-36(4,5)6)40(12,22-15-25-43)32-19-18-30-29-17-16-27-26-28(48-49(13,14)37(7,8)9)20-23-38(27,10)31(29)21-24-39(30,32)11/h27-32,43H,15-26H2,1-14H3,(H,41,44)/t27?,28-,29?,30?,31?,32+,38+,39+,40?/m1/s1. The van der Waals surface area contributed by atoms with Crippen LogP contribution in [0.4, 0.5) is 9.59 Å². The van der Waals surface area contributed by atoms with Gasteiger partial charge in [-0.2, -0.15) is 0 Å². The molecule has 4 fully saturated rings. The van der Waals surface area contributed by atoms with E-state index in [-0.39, 0.29) is 23.0 Å². The second-order valence-electron chi connectivity index (χ2n) is 20.7. The summed E-state index contributed by atoms with van der Waals surface area (Å²) in [7, 11) is -1.81. The van der Waals surface area contributed by atoms with Crippen molar-refractivity contribution in [3.05, 3.63) is 0 Å². The molecule has 4 saturated carbocycles. The second kappa shape index (κ2) is 13.9. The predicted molar refractivity (Wildman–Crippen MR) is 199 cm³/mol. The molecular weight excluding hydrogens is 633 g/mol. The van der Waals surface area contributed by atoms with Gasteiger partial charge in [0.05, 0.1) is 5.54 Å². The number of aliphatic hydroxyl groups excluding tert-OH is 1. The molecule has 2 amide bonds. The summed E-state index contributed by atoms with van der Waals surface area (Å²) in [6, 6.07) is 0. The van der Waals surface area contributed by atoms with E-state index in [0.717, 1.165) is 19.3 Å². The highest BCUT2D eigenvalue weighted by Crippen LogP contribution is 2.69. The molecular formula is C40H74N2O6Si. The molecule has 4 aliphatic rings. The summed E-state index contributed by atoms with van der Waals surface area (Å²) in [5.41, 5.74) is 0.961. The summed E-state index contributed by atoms with van der Waals surface area (Å²) in [5, 5.41) is 11.8. The van der Waals surface area contributed by atoms with E-state index in [4.69, 9.17) is 13.9 Å². The third-order valence-electron chi connectivity index (χ3n) is 14.2. The monoisotopic (exact) mass is 707 g/mol. The van der Waals surface area contributed by atoms with Gasteiger partial charge >= 0.3 is 12.2 Å². The fraction of sp³-hybridized carbons (Fsp3) is 0.950. The molecule has 0 bridgehead atoms. The minimum atomic E-state index is -1.81. The second-order valence-corrected chi connectivity index (χ2v) is 25.5. The molecule has 4 aliphatic carbocycles. The van der Waals surface area contributed by atoms with E-state index in [2.05, 4.69) is 60.1 Å². The molecule has 0 aliphatic heterocycles. The predicted octanol–water partition coefficient (Wildman–Crippen LogP) is 10.2. The zero-order valence-electron chi connectivity index (χ0n) is 33.9. The van der Waals surface area contributed by atoms with Gasteiger partial charge in [-0.15, -0.1) is 0 Å². The molecule has 2 N–H and O–H groups in total. The van der Waals surface area contributed by atoms with Gasteiger partial charge in [0.1, 0.15) is 11.2 Å². The Morgan fingerprint density at radius 3 is 1.98 bits per heavy atom. The number of carbonyl (C=O) groups excluding carboxylic acids is 2. The van der Waals surface area contributed by atoms with Crippen molar-refractivity contribution in [1.29, 1.82) is 0 Å². The molecule has 8 nitrogen and oxygen atoms in total. The quantitative estimate of drug-likeness (QED) is 0.202. The minimum Gasteiger partial charge on any atom is -0.443 e. The Morgan fingerprint density at radius 1 is 0.816 bits per heavy atom. The van der Waals surface area contributed by atoms with Crippen LogP contribution in [0.5, 0.6) is 0 Å². The first-order valence-corrected chi connectivity index (χ1v) is 22.5. The Morgan fingerprint density at radius 2 is 1.41 bits per heavy atom. The molecule has 9 heteroatoms. The number of rotatable bonds is 7. The van der Waals surface area contributed by atoms with Gasteiger partial charge < -0.3 is 19.0 Å². The van der Waals surface area contributed by atoms with E-state index in [1.165, 1.54) is 43.5 Å². The largest absolute Gasteiger partial charge is 0.443 e. The Labute approximate surface area is 300 Å². The highest BCUT2D eigenvalue weighted by molar-refractivity contribution is 6.74. The first-order valence-electron chi connectivity index (χ1n) is 19.6. The average Bonchev–Trinajstić information content (AvgIpc) is 3.30. The van der Waals surface area contributed by atoms with Crippen LogP contribution < -0.4 is 5.43 Å². The first kappa shape index (κ1) is 40.4. The van der Waals surface area contributed by atoms with Crippen molar-refractivity contribution in [2.45, 2.75) is 195 Å². The van der Waals surface area contributed by atoms with Crippen LogP contribution in [0.3, 0.4) is 0 Å². The molecule has 0 aromatic carbocycles. The van der Waals surface area contributed by atoms with E-state index in [0.29, 0.717) is 48.0 Å². The van der Waals surface area contributed by atoms with Crippen molar-refractivity contribution >= 4 is 20.5 Å². The summed E-state index contributed by atoms with van der Waals surface area (Å²) in [6.45, 7) is 30.1. The smallest absolute Gasteiger partial charge is 0.429 e. The molecule has 0 saturated heterocycles. The normalized spacial score (nSPS) is 34.9. The molecule has 0 spiro atoms. The van der Waals surface area contributed by atoms with E-state index < -0.39 is 37.2 Å². The lowest BCUT2D eigenvalue weighted by atomic mass is 9.44. The van der Waals surface area contributed by atoms with E-state index >= 15 is 0 Å². The number of aliphatic hydroxyl groups is 1. The van der Waals surface area contributed by atoms with Crippen molar-refractivity contribution in [3.8, 4) is 0 Å². The van der Waals surface area contributed by atoms with Crippen LogP contribution in [0, 0.1) is 40.4 Å². The lowest BCUT2D eigenvalue weighted by Crippen LogP contribution is -2.65. The number of ether oxygens (including phenoxy) is 2. The van der Waals surface area contributed by atoms with E-state index in [1.54, 1.807) is 0 Å². The van der Waals surface area contributed by atoms with Crippen LogP contribution in [0.15, 0.2) is 0 Å².